The van der Waals surface area contributed by atoms with Gasteiger partial charge in [0.05, 0.1) is 11.9 Å². The summed E-state index contributed by atoms with van der Waals surface area (Å²) in [6, 6.07) is 15.7. The Morgan fingerprint density at radius 2 is 1.50 bits per heavy atom. The largest absolute Gasteiger partial charge is 0.354 e. The van der Waals surface area contributed by atoms with Gasteiger partial charge in [-0.2, -0.15) is 0 Å². The van der Waals surface area contributed by atoms with E-state index in [-0.39, 0.29) is 18.4 Å². The second-order valence-corrected chi connectivity index (χ2v) is 11.2. The third kappa shape index (κ3) is 7.87. The molecule has 2 aromatic carbocycles. The average molecular weight is 488 g/mol. The molecule has 0 aromatic heterocycles. The Hall–Kier alpha value is -2.87. The summed E-state index contributed by atoms with van der Waals surface area (Å²) in [6.07, 6.45) is 1.08. The molecule has 0 heterocycles. The van der Waals surface area contributed by atoms with Gasteiger partial charge in [0.15, 0.2) is 0 Å². The second kappa shape index (κ2) is 12.0. The lowest BCUT2D eigenvalue weighted by atomic mass is 10.0. The van der Waals surface area contributed by atoms with Crippen molar-refractivity contribution in [1.29, 1.82) is 0 Å². The number of rotatable bonds is 11. The van der Waals surface area contributed by atoms with Crippen molar-refractivity contribution in [2.45, 2.75) is 53.1 Å². The molecule has 1 unspecified atom stereocenters. The van der Waals surface area contributed by atoms with E-state index in [1.54, 1.807) is 19.1 Å². The molecule has 8 heteroatoms. The van der Waals surface area contributed by atoms with Crippen molar-refractivity contribution < 1.29 is 18.0 Å². The molecule has 0 saturated carbocycles. The van der Waals surface area contributed by atoms with Crippen molar-refractivity contribution in [3.05, 3.63) is 65.7 Å². The van der Waals surface area contributed by atoms with Gasteiger partial charge in [-0.3, -0.25) is 13.9 Å². The fourth-order valence-corrected chi connectivity index (χ4v) is 4.30. The van der Waals surface area contributed by atoms with Gasteiger partial charge in [0.1, 0.15) is 12.6 Å². The van der Waals surface area contributed by atoms with Gasteiger partial charge in [0, 0.05) is 13.1 Å². The molecular weight excluding hydrogens is 450 g/mol. The molecule has 2 rings (SSSR count). The molecule has 0 radical (unpaired) electrons. The van der Waals surface area contributed by atoms with E-state index in [0.717, 1.165) is 21.7 Å². The minimum absolute atomic E-state index is 0.194. The summed E-state index contributed by atoms with van der Waals surface area (Å²) >= 11 is 0. The Morgan fingerprint density at radius 3 is 2.00 bits per heavy atom. The molecule has 0 spiro atoms. The van der Waals surface area contributed by atoms with E-state index in [9.17, 15) is 18.0 Å². The number of nitrogens with zero attached hydrogens (tertiary/aromatic N) is 2. The summed E-state index contributed by atoms with van der Waals surface area (Å²) in [5, 5.41) is 2.87. The molecule has 2 aromatic rings. The summed E-state index contributed by atoms with van der Waals surface area (Å²) in [4.78, 5) is 27.7. The molecule has 186 valence electrons. The van der Waals surface area contributed by atoms with Crippen LogP contribution >= 0.6 is 0 Å². The van der Waals surface area contributed by atoms with Crippen LogP contribution in [0.2, 0.25) is 0 Å². The standard InChI is InChI=1S/C26H37N3O4S/c1-19(2)16-27-26(31)21(5)28(17-22-10-8-7-9-11-22)25(30)18-29(34(6,32)33)24-14-12-23(13-15-24)20(3)4/h7-15,19-21H,16-18H2,1-6H3,(H,27,31). The first-order valence-electron chi connectivity index (χ1n) is 11.6. The third-order valence-corrected chi connectivity index (χ3v) is 6.72. The predicted octanol–water partition coefficient (Wildman–Crippen LogP) is 3.77. The minimum Gasteiger partial charge on any atom is -0.354 e. The second-order valence-electron chi connectivity index (χ2n) is 9.34. The van der Waals surface area contributed by atoms with Gasteiger partial charge in [-0.1, -0.05) is 70.2 Å². The number of anilines is 1. The van der Waals surface area contributed by atoms with E-state index in [1.807, 2.05) is 56.3 Å². The number of amides is 2. The summed E-state index contributed by atoms with van der Waals surface area (Å²) < 4.78 is 26.3. The number of nitrogens with one attached hydrogen (secondary N) is 1. The first-order valence-corrected chi connectivity index (χ1v) is 13.4. The Morgan fingerprint density at radius 1 is 0.912 bits per heavy atom. The van der Waals surface area contributed by atoms with Gasteiger partial charge in [-0.15, -0.1) is 0 Å². The first kappa shape index (κ1) is 27.4. The van der Waals surface area contributed by atoms with Crippen LogP contribution in [0.3, 0.4) is 0 Å². The smallest absolute Gasteiger partial charge is 0.244 e. The third-order valence-electron chi connectivity index (χ3n) is 5.57. The molecular formula is C26H37N3O4S. The molecule has 7 nitrogen and oxygen atoms in total. The SMILES string of the molecule is CC(C)CNC(=O)C(C)N(Cc1ccccc1)C(=O)CN(c1ccc(C(C)C)cc1)S(C)(=O)=O. The molecule has 0 aliphatic heterocycles. The van der Waals surface area contributed by atoms with Crippen LogP contribution in [0.1, 0.15) is 51.7 Å². The lowest BCUT2D eigenvalue weighted by Gasteiger charge is -2.31. The van der Waals surface area contributed by atoms with Crippen molar-refractivity contribution in [3.8, 4) is 0 Å². The highest BCUT2D eigenvalue weighted by Gasteiger charge is 2.30. The highest BCUT2D eigenvalue weighted by atomic mass is 32.2. The van der Waals surface area contributed by atoms with Crippen LogP contribution in [0.15, 0.2) is 54.6 Å². The summed E-state index contributed by atoms with van der Waals surface area (Å²) in [7, 11) is -3.73. The zero-order valence-electron chi connectivity index (χ0n) is 21.0. The Balaban J connectivity index is 2.33. The van der Waals surface area contributed by atoms with Gasteiger partial charge in [0.2, 0.25) is 21.8 Å². The van der Waals surface area contributed by atoms with Gasteiger partial charge in [0.25, 0.3) is 0 Å². The molecule has 34 heavy (non-hydrogen) atoms. The quantitative estimate of drug-likeness (QED) is 0.523. The van der Waals surface area contributed by atoms with E-state index >= 15 is 0 Å². The fraction of sp³-hybridized carbons (Fsp3) is 0.462. The summed E-state index contributed by atoms with van der Waals surface area (Å²) in [5.41, 5.74) is 2.34. The Bertz CT molecular complexity index is 1050. The fourth-order valence-electron chi connectivity index (χ4n) is 3.45. The molecule has 0 bridgehead atoms. The van der Waals surface area contributed by atoms with Crippen LogP contribution in [-0.4, -0.2) is 50.5 Å². The Labute approximate surface area is 204 Å². The normalized spacial score (nSPS) is 12.5. The maximum Gasteiger partial charge on any atom is 0.244 e. The number of hydrogen-bond acceptors (Lipinski definition) is 4. The van der Waals surface area contributed by atoms with Crippen LogP contribution in [-0.2, 0) is 26.2 Å². The predicted molar refractivity (Wildman–Crippen MR) is 137 cm³/mol. The van der Waals surface area contributed by atoms with Gasteiger partial charge >= 0.3 is 0 Å². The zero-order valence-corrected chi connectivity index (χ0v) is 21.8. The van der Waals surface area contributed by atoms with Crippen molar-refractivity contribution in [1.82, 2.24) is 10.2 Å². The number of carbonyl (C=O) groups is 2. The molecule has 0 fully saturated rings. The highest BCUT2D eigenvalue weighted by molar-refractivity contribution is 7.92. The lowest BCUT2D eigenvalue weighted by Crippen LogP contribution is -2.51. The van der Waals surface area contributed by atoms with Crippen LogP contribution in [0.5, 0.6) is 0 Å². The van der Waals surface area contributed by atoms with Crippen LogP contribution < -0.4 is 9.62 Å². The van der Waals surface area contributed by atoms with Crippen LogP contribution in [0.25, 0.3) is 0 Å². The number of hydrogen-bond donors (Lipinski definition) is 1. The van der Waals surface area contributed by atoms with Crippen molar-refractivity contribution >= 4 is 27.5 Å². The first-order chi connectivity index (χ1) is 15.9. The monoisotopic (exact) mass is 487 g/mol. The number of sulfonamides is 1. The molecule has 1 atom stereocenters. The van der Waals surface area contributed by atoms with Crippen molar-refractivity contribution in [2.75, 3.05) is 23.7 Å². The zero-order chi connectivity index (χ0) is 25.5. The minimum atomic E-state index is -3.73. The number of benzene rings is 2. The van der Waals surface area contributed by atoms with Crippen LogP contribution in [0.4, 0.5) is 5.69 Å². The average Bonchev–Trinajstić information content (AvgIpc) is 2.78. The lowest BCUT2D eigenvalue weighted by molar-refractivity contribution is -0.139. The number of carbonyl (C=O) groups excluding carboxylic acids is 2. The maximum absolute atomic E-state index is 13.5. The van der Waals surface area contributed by atoms with Gasteiger partial charge < -0.3 is 10.2 Å². The van der Waals surface area contributed by atoms with Crippen LogP contribution in [0, 0.1) is 5.92 Å². The van der Waals surface area contributed by atoms with Crippen molar-refractivity contribution in [2.24, 2.45) is 5.92 Å². The van der Waals surface area contributed by atoms with E-state index < -0.39 is 28.5 Å². The maximum atomic E-state index is 13.5. The topological polar surface area (TPSA) is 86.8 Å². The van der Waals surface area contributed by atoms with E-state index in [4.69, 9.17) is 0 Å². The van der Waals surface area contributed by atoms with E-state index in [1.165, 1.54) is 4.90 Å². The summed E-state index contributed by atoms with van der Waals surface area (Å²) in [6.45, 7) is 10.1. The van der Waals surface area contributed by atoms with Gasteiger partial charge in [-0.25, -0.2) is 8.42 Å². The van der Waals surface area contributed by atoms with E-state index in [2.05, 4.69) is 19.2 Å². The van der Waals surface area contributed by atoms with Crippen molar-refractivity contribution in [3.63, 3.8) is 0 Å². The molecule has 1 N–H and O–H groups in total. The van der Waals surface area contributed by atoms with E-state index in [0.29, 0.717) is 18.2 Å². The molecule has 0 saturated heterocycles. The summed E-state index contributed by atoms with van der Waals surface area (Å²) in [5.74, 6) is -0.155. The molecule has 2 amide bonds. The molecule has 0 aliphatic rings. The highest BCUT2D eigenvalue weighted by Crippen LogP contribution is 2.22. The Kier molecular flexibility index (Phi) is 9.67. The van der Waals surface area contributed by atoms with Gasteiger partial charge in [-0.05, 0) is 42.0 Å². The molecule has 0 aliphatic carbocycles.